The number of benzene rings is 1. The summed E-state index contributed by atoms with van der Waals surface area (Å²) in [4.78, 5) is 0. The molecular formula is C14H22BrNO. The molecule has 0 saturated carbocycles. The van der Waals surface area contributed by atoms with Crippen LogP contribution in [0.3, 0.4) is 0 Å². The maximum Gasteiger partial charge on any atom is 0.0591 e. The summed E-state index contributed by atoms with van der Waals surface area (Å²) < 4.78 is 6.63. The molecule has 17 heavy (non-hydrogen) atoms. The van der Waals surface area contributed by atoms with Crippen LogP contribution >= 0.6 is 15.9 Å². The van der Waals surface area contributed by atoms with E-state index in [1.165, 1.54) is 12.0 Å². The number of hydrogen-bond donors (Lipinski definition) is 1. The zero-order valence-corrected chi connectivity index (χ0v) is 12.3. The lowest BCUT2D eigenvalue weighted by atomic mass is 10.1. The van der Waals surface area contributed by atoms with E-state index in [-0.39, 0.29) is 0 Å². The standard InChI is InChI=1S/C14H22BrNO/c1-3-4-10-17-11-9-16-12(2)13-5-7-14(15)8-6-13/h5-8,12,16H,3-4,9-11H2,1-2H3/t12-/m1/s1. The second-order valence-corrected chi connectivity index (χ2v) is 5.11. The molecule has 2 nitrogen and oxygen atoms in total. The van der Waals surface area contributed by atoms with Gasteiger partial charge in [-0.05, 0) is 31.0 Å². The Hall–Kier alpha value is -0.380. The Morgan fingerprint density at radius 3 is 2.59 bits per heavy atom. The Labute approximate surface area is 113 Å². The van der Waals surface area contributed by atoms with Gasteiger partial charge in [0.1, 0.15) is 0 Å². The first-order valence-corrected chi connectivity index (χ1v) is 7.10. The highest BCUT2D eigenvalue weighted by Gasteiger charge is 2.03. The smallest absolute Gasteiger partial charge is 0.0591 e. The Balaban J connectivity index is 2.16. The lowest BCUT2D eigenvalue weighted by molar-refractivity contribution is 0.131. The molecule has 1 aromatic carbocycles. The molecule has 0 aliphatic carbocycles. The topological polar surface area (TPSA) is 21.3 Å². The summed E-state index contributed by atoms with van der Waals surface area (Å²) in [6.45, 7) is 6.93. The van der Waals surface area contributed by atoms with E-state index in [4.69, 9.17) is 4.74 Å². The molecule has 0 aliphatic rings. The lowest BCUT2D eigenvalue weighted by Crippen LogP contribution is -2.23. The van der Waals surface area contributed by atoms with Crippen molar-refractivity contribution in [3.63, 3.8) is 0 Å². The van der Waals surface area contributed by atoms with Crippen molar-refractivity contribution in [2.75, 3.05) is 19.8 Å². The summed E-state index contributed by atoms with van der Waals surface area (Å²) in [5.74, 6) is 0. The molecule has 1 rings (SSSR count). The molecule has 0 unspecified atom stereocenters. The molecule has 1 N–H and O–H groups in total. The van der Waals surface area contributed by atoms with Crippen molar-refractivity contribution >= 4 is 15.9 Å². The highest BCUT2D eigenvalue weighted by molar-refractivity contribution is 9.10. The van der Waals surface area contributed by atoms with Crippen molar-refractivity contribution in [1.29, 1.82) is 0 Å². The fourth-order valence-corrected chi connectivity index (χ4v) is 1.83. The monoisotopic (exact) mass is 299 g/mol. The van der Waals surface area contributed by atoms with Crippen molar-refractivity contribution in [2.45, 2.75) is 32.7 Å². The third-order valence-electron chi connectivity index (χ3n) is 2.71. The number of hydrogen-bond acceptors (Lipinski definition) is 2. The first kappa shape index (κ1) is 14.7. The zero-order valence-electron chi connectivity index (χ0n) is 10.7. The van der Waals surface area contributed by atoms with Crippen LogP contribution in [-0.2, 0) is 4.74 Å². The second kappa shape index (κ2) is 8.67. The van der Waals surface area contributed by atoms with E-state index < -0.39 is 0 Å². The Morgan fingerprint density at radius 2 is 1.94 bits per heavy atom. The second-order valence-electron chi connectivity index (χ2n) is 4.19. The van der Waals surface area contributed by atoms with Crippen LogP contribution in [0.25, 0.3) is 0 Å². The van der Waals surface area contributed by atoms with Crippen LogP contribution < -0.4 is 5.32 Å². The molecule has 96 valence electrons. The van der Waals surface area contributed by atoms with Crippen LogP contribution in [-0.4, -0.2) is 19.8 Å². The average molecular weight is 300 g/mol. The van der Waals surface area contributed by atoms with Crippen molar-refractivity contribution in [3.8, 4) is 0 Å². The number of ether oxygens (including phenoxy) is 1. The summed E-state index contributed by atoms with van der Waals surface area (Å²) in [6, 6.07) is 8.80. The van der Waals surface area contributed by atoms with Crippen LogP contribution in [0.2, 0.25) is 0 Å². The number of unbranched alkanes of at least 4 members (excludes halogenated alkanes) is 1. The van der Waals surface area contributed by atoms with E-state index in [1.807, 2.05) is 0 Å². The van der Waals surface area contributed by atoms with Gasteiger partial charge < -0.3 is 10.1 Å². The fourth-order valence-electron chi connectivity index (χ4n) is 1.57. The van der Waals surface area contributed by atoms with Gasteiger partial charge in [0.25, 0.3) is 0 Å². The molecule has 0 heterocycles. The van der Waals surface area contributed by atoms with E-state index >= 15 is 0 Å². The van der Waals surface area contributed by atoms with E-state index in [0.717, 1.165) is 30.7 Å². The molecular weight excluding hydrogens is 278 g/mol. The third kappa shape index (κ3) is 6.20. The first-order valence-electron chi connectivity index (χ1n) is 6.30. The van der Waals surface area contributed by atoms with Gasteiger partial charge in [-0.1, -0.05) is 41.4 Å². The highest BCUT2D eigenvalue weighted by Crippen LogP contribution is 2.16. The van der Waals surface area contributed by atoms with E-state index in [1.54, 1.807) is 0 Å². The largest absolute Gasteiger partial charge is 0.380 e. The molecule has 0 bridgehead atoms. The third-order valence-corrected chi connectivity index (χ3v) is 3.24. The van der Waals surface area contributed by atoms with E-state index in [2.05, 4.69) is 59.4 Å². The van der Waals surface area contributed by atoms with Crippen molar-refractivity contribution in [3.05, 3.63) is 34.3 Å². The SMILES string of the molecule is CCCCOCCN[C@H](C)c1ccc(Br)cc1. The van der Waals surface area contributed by atoms with Crippen molar-refractivity contribution in [2.24, 2.45) is 0 Å². The quantitative estimate of drug-likeness (QED) is 0.735. The number of rotatable bonds is 8. The molecule has 0 aromatic heterocycles. The minimum absolute atomic E-state index is 0.373. The molecule has 0 radical (unpaired) electrons. The predicted octanol–water partition coefficient (Wildman–Crippen LogP) is 3.92. The molecule has 3 heteroatoms. The molecule has 0 fully saturated rings. The minimum Gasteiger partial charge on any atom is -0.380 e. The first-order chi connectivity index (χ1) is 8.24. The minimum atomic E-state index is 0.373. The lowest BCUT2D eigenvalue weighted by Gasteiger charge is -2.14. The van der Waals surface area contributed by atoms with E-state index in [9.17, 15) is 0 Å². The van der Waals surface area contributed by atoms with Gasteiger partial charge in [-0.2, -0.15) is 0 Å². The number of nitrogens with one attached hydrogen (secondary N) is 1. The zero-order chi connectivity index (χ0) is 12.5. The van der Waals surface area contributed by atoms with Gasteiger partial charge in [-0.25, -0.2) is 0 Å². The van der Waals surface area contributed by atoms with Gasteiger partial charge in [-0.15, -0.1) is 0 Å². The van der Waals surface area contributed by atoms with Crippen LogP contribution in [0.5, 0.6) is 0 Å². The molecule has 1 atom stereocenters. The predicted molar refractivity (Wildman–Crippen MR) is 76.3 cm³/mol. The Bertz CT molecular complexity index is 300. The normalized spacial score (nSPS) is 12.6. The van der Waals surface area contributed by atoms with Crippen LogP contribution in [0, 0.1) is 0 Å². The molecule has 0 aliphatic heterocycles. The molecule has 0 amide bonds. The van der Waals surface area contributed by atoms with Gasteiger partial charge in [0.15, 0.2) is 0 Å². The Morgan fingerprint density at radius 1 is 1.24 bits per heavy atom. The van der Waals surface area contributed by atoms with Gasteiger partial charge in [0, 0.05) is 23.7 Å². The molecule has 0 saturated heterocycles. The van der Waals surface area contributed by atoms with E-state index in [0.29, 0.717) is 6.04 Å². The highest BCUT2D eigenvalue weighted by atomic mass is 79.9. The molecule has 0 spiro atoms. The van der Waals surface area contributed by atoms with Gasteiger partial charge in [0.05, 0.1) is 6.61 Å². The summed E-state index contributed by atoms with van der Waals surface area (Å²) in [5, 5.41) is 3.45. The van der Waals surface area contributed by atoms with Crippen molar-refractivity contribution in [1.82, 2.24) is 5.32 Å². The summed E-state index contributed by atoms with van der Waals surface area (Å²) >= 11 is 3.44. The van der Waals surface area contributed by atoms with Crippen LogP contribution in [0.4, 0.5) is 0 Å². The van der Waals surface area contributed by atoms with Crippen LogP contribution in [0.15, 0.2) is 28.7 Å². The fraction of sp³-hybridized carbons (Fsp3) is 0.571. The number of halogens is 1. The van der Waals surface area contributed by atoms with Gasteiger partial charge >= 0.3 is 0 Å². The molecule has 1 aromatic rings. The van der Waals surface area contributed by atoms with Crippen LogP contribution in [0.1, 0.15) is 38.3 Å². The average Bonchev–Trinajstić information content (AvgIpc) is 2.34. The van der Waals surface area contributed by atoms with Crippen molar-refractivity contribution < 1.29 is 4.74 Å². The Kier molecular flexibility index (Phi) is 7.49. The summed E-state index contributed by atoms with van der Waals surface area (Å²) in [7, 11) is 0. The maximum atomic E-state index is 5.51. The van der Waals surface area contributed by atoms with Gasteiger partial charge in [-0.3, -0.25) is 0 Å². The summed E-state index contributed by atoms with van der Waals surface area (Å²) in [5.41, 5.74) is 1.31. The maximum absolute atomic E-state index is 5.51. The summed E-state index contributed by atoms with van der Waals surface area (Å²) in [6.07, 6.45) is 2.35. The van der Waals surface area contributed by atoms with Gasteiger partial charge in [0.2, 0.25) is 0 Å².